The van der Waals surface area contributed by atoms with Gasteiger partial charge in [0.2, 0.25) is 0 Å². The first-order valence-electron chi connectivity index (χ1n) is 6.73. The van der Waals surface area contributed by atoms with Gasteiger partial charge < -0.3 is 5.32 Å². The number of amides is 3. The molecule has 0 radical (unpaired) electrons. The van der Waals surface area contributed by atoms with Gasteiger partial charge in [0, 0.05) is 12.1 Å². The number of hydrogen-bond acceptors (Lipinski definition) is 2. The lowest BCUT2D eigenvalue weighted by Crippen LogP contribution is -2.35. The molecular formula is C15H6ClF7N2O2. The summed E-state index contributed by atoms with van der Waals surface area (Å²) in [4.78, 5) is 23.3. The summed E-state index contributed by atoms with van der Waals surface area (Å²) in [6.45, 7) is 0. The highest BCUT2D eigenvalue weighted by Gasteiger charge is 2.34. The standard InChI is InChI=1S/C15H6ClF7N2O2/c16-7-4-11(8(18)3-6(7)15(21,22)23)24-14(27)25-13(26)12-9(19)1-5(17)2-10(12)20/h1-4H,(H2,24,25,26,27). The molecule has 2 rings (SSSR count). The highest BCUT2D eigenvalue weighted by Crippen LogP contribution is 2.37. The van der Waals surface area contributed by atoms with E-state index < -0.39 is 63.2 Å². The van der Waals surface area contributed by atoms with Crippen LogP contribution in [0.1, 0.15) is 15.9 Å². The predicted octanol–water partition coefficient (Wildman–Crippen LogP) is 4.88. The second-order valence-corrected chi connectivity index (χ2v) is 5.37. The Bertz CT molecular complexity index is 908. The Labute approximate surface area is 150 Å². The summed E-state index contributed by atoms with van der Waals surface area (Å²) in [5.41, 5.74) is -3.63. The van der Waals surface area contributed by atoms with Crippen LogP contribution in [-0.4, -0.2) is 11.9 Å². The molecule has 4 nitrogen and oxygen atoms in total. The van der Waals surface area contributed by atoms with E-state index in [0.29, 0.717) is 6.07 Å². The Kier molecular flexibility index (Phi) is 5.64. The molecule has 0 saturated heterocycles. The van der Waals surface area contributed by atoms with Crippen LogP contribution in [0.5, 0.6) is 0 Å². The Morgan fingerprint density at radius 1 is 0.889 bits per heavy atom. The van der Waals surface area contributed by atoms with Gasteiger partial charge in [0.25, 0.3) is 5.91 Å². The first-order chi connectivity index (χ1) is 12.4. The normalized spacial score (nSPS) is 11.3. The lowest BCUT2D eigenvalue weighted by atomic mass is 10.1. The molecule has 0 unspecified atom stereocenters. The number of urea groups is 1. The minimum Gasteiger partial charge on any atom is -0.305 e. The topological polar surface area (TPSA) is 58.2 Å². The first kappa shape index (κ1) is 20.5. The number of alkyl halides is 3. The third kappa shape index (κ3) is 4.67. The summed E-state index contributed by atoms with van der Waals surface area (Å²) < 4.78 is 91.2. The fraction of sp³-hybridized carbons (Fsp3) is 0.0667. The number of rotatable bonds is 2. The average molecular weight is 415 g/mol. The fourth-order valence-corrected chi connectivity index (χ4v) is 2.21. The number of carbonyl (C=O) groups excluding carboxylic acids is 2. The van der Waals surface area contributed by atoms with Gasteiger partial charge >= 0.3 is 12.2 Å². The summed E-state index contributed by atoms with van der Waals surface area (Å²) in [5, 5.41) is 2.13. The van der Waals surface area contributed by atoms with E-state index in [9.17, 15) is 40.3 Å². The Balaban J connectivity index is 2.19. The van der Waals surface area contributed by atoms with Gasteiger partial charge in [-0.15, -0.1) is 0 Å². The molecule has 2 aromatic carbocycles. The monoisotopic (exact) mass is 414 g/mol. The van der Waals surface area contributed by atoms with Gasteiger partial charge in [-0.1, -0.05) is 11.6 Å². The van der Waals surface area contributed by atoms with Crippen LogP contribution in [0.25, 0.3) is 0 Å². The van der Waals surface area contributed by atoms with E-state index in [0.717, 1.165) is 0 Å². The molecule has 12 heteroatoms. The van der Waals surface area contributed by atoms with Crippen LogP contribution in [0.4, 0.5) is 41.2 Å². The van der Waals surface area contributed by atoms with E-state index >= 15 is 0 Å². The van der Waals surface area contributed by atoms with Crippen LogP contribution in [0.2, 0.25) is 5.02 Å². The van der Waals surface area contributed by atoms with Gasteiger partial charge in [-0.05, 0) is 12.1 Å². The van der Waals surface area contributed by atoms with Crippen molar-refractivity contribution in [2.45, 2.75) is 6.18 Å². The Morgan fingerprint density at radius 2 is 1.44 bits per heavy atom. The molecule has 3 amide bonds. The van der Waals surface area contributed by atoms with Gasteiger partial charge in [0.05, 0.1) is 16.3 Å². The SMILES string of the molecule is O=C(NC(=O)c1c(F)cc(F)cc1F)Nc1cc(Cl)c(C(F)(F)F)cc1F. The highest BCUT2D eigenvalue weighted by molar-refractivity contribution is 6.31. The zero-order valence-electron chi connectivity index (χ0n) is 12.6. The molecule has 2 N–H and O–H groups in total. The molecule has 0 aromatic heterocycles. The molecule has 0 saturated carbocycles. The maximum absolute atomic E-state index is 13.7. The number of imide groups is 1. The molecule has 0 heterocycles. The first-order valence-corrected chi connectivity index (χ1v) is 7.11. The average Bonchev–Trinajstić information content (AvgIpc) is 2.48. The molecule has 0 bridgehead atoms. The number of nitrogens with one attached hydrogen (secondary N) is 2. The maximum Gasteiger partial charge on any atom is 0.417 e. The van der Waals surface area contributed by atoms with Crippen LogP contribution in [0.3, 0.4) is 0 Å². The summed E-state index contributed by atoms with van der Waals surface area (Å²) in [6.07, 6.45) is -4.95. The van der Waals surface area contributed by atoms with Gasteiger partial charge in [0.15, 0.2) is 0 Å². The van der Waals surface area contributed by atoms with E-state index in [1.54, 1.807) is 5.32 Å². The van der Waals surface area contributed by atoms with Crippen molar-refractivity contribution in [3.05, 3.63) is 63.7 Å². The quantitative estimate of drug-likeness (QED) is 0.688. The molecule has 144 valence electrons. The number of anilines is 1. The molecule has 0 aliphatic carbocycles. The number of carbonyl (C=O) groups is 2. The second kappa shape index (κ2) is 7.43. The Morgan fingerprint density at radius 3 is 1.96 bits per heavy atom. The third-order valence-corrected chi connectivity index (χ3v) is 3.38. The summed E-state index contributed by atoms with van der Waals surface area (Å²) >= 11 is 5.37. The maximum atomic E-state index is 13.7. The van der Waals surface area contributed by atoms with Gasteiger partial charge in [-0.3, -0.25) is 10.1 Å². The fourth-order valence-electron chi connectivity index (χ4n) is 1.94. The van der Waals surface area contributed by atoms with E-state index in [2.05, 4.69) is 0 Å². The summed E-state index contributed by atoms with van der Waals surface area (Å²) in [7, 11) is 0. The van der Waals surface area contributed by atoms with Crippen LogP contribution in [0, 0.1) is 23.3 Å². The molecule has 0 aliphatic heterocycles. The van der Waals surface area contributed by atoms with Crippen molar-refractivity contribution in [2.75, 3.05) is 5.32 Å². The predicted molar refractivity (Wildman–Crippen MR) is 79.2 cm³/mol. The number of benzene rings is 2. The van der Waals surface area contributed by atoms with Crippen molar-refractivity contribution in [1.82, 2.24) is 5.32 Å². The van der Waals surface area contributed by atoms with Crippen molar-refractivity contribution in [2.24, 2.45) is 0 Å². The van der Waals surface area contributed by atoms with Crippen molar-refractivity contribution in [1.29, 1.82) is 0 Å². The Hall–Kier alpha value is -2.82. The lowest BCUT2D eigenvalue weighted by Gasteiger charge is -2.13. The molecule has 0 fully saturated rings. The van der Waals surface area contributed by atoms with Crippen LogP contribution < -0.4 is 10.6 Å². The van der Waals surface area contributed by atoms with Crippen molar-refractivity contribution < 1.29 is 40.3 Å². The third-order valence-electron chi connectivity index (χ3n) is 3.07. The van der Waals surface area contributed by atoms with E-state index in [1.165, 1.54) is 5.32 Å². The molecular weight excluding hydrogens is 409 g/mol. The van der Waals surface area contributed by atoms with Crippen LogP contribution in [-0.2, 0) is 6.18 Å². The van der Waals surface area contributed by atoms with E-state index in [-0.39, 0.29) is 18.2 Å². The molecule has 0 atom stereocenters. The summed E-state index contributed by atoms with van der Waals surface area (Å²) in [5.74, 6) is -7.70. The van der Waals surface area contributed by atoms with Gasteiger partial charge in [-0.2, -0.15) is 13.2 Å². The van der Waals surface area contributed by atoms with Crippen molar-refractivity contribution in [3.8, 4) is 0 Å². The summed E-state index contributed by atoms with van der Waals surface area (Å²) in [6, 6.07) is -0.712. The van der Waals surface area contributed by atoms with E-state index in [1.807, 2.05) is 0 Å². The molecule has 2 aromatic rings. The highest BCUT2D eigenvalue weighted by atomic mass is 35.5. The van der Waals surface area contributed by atoms with Crippen molar-refractivity contribution in [3.63, 3.8) is 0 Å². The lowest BCUT2D eigenvalue weighted by molar-refractivity contribution is -0.137. The smallest absolute Gasteiger partial charge is 0.305 e. The van der Waals surface area contributed by atoms with E-state index in [4.69, 9.17) is 11.6 Å². The molecule has 0 aliphatic rings. The van der Waals surface area contributed by atoms with Crippen molar-refractivity contribution >= 4 is 29.2 Å². The molecule has 0 spiro atoms. The van der Waals surface area contributed by atoms with Crippen LogP contribution in [0.15, 0.2) is 24.3 Å². The van der Waals surface area contributed by atoms with Gasteiger partial charge in [-0.25, -0.2) is 22.4 Å². The zero-order valence-corrected chi connectivity index (χ0v) is 13.4. The zero-order chi connectivity index (χ0) is 20.5. The number of hydrogen-bond donors (Lipinski definition) is 2. The minimum atomic E-state index is -4.95. The van der Waals surface area contributed by atoms with Crippen LogP contribution >= 0.6 is 11.6 Å². The minimum absolute atomic E-state index is 0.0130. The van der Waals surface area contributed by atoms with Gasteiger partial charge in [0.1, 0.15) is 28.8 Å². The second-order valence-electron chi connectivity index (χ2n) is 4.96. The largest absolute Gasteiger partial charge is 0.417 e. The molecule has 27 heavy (non-hydrogen) atoms. The number of halogens is 8.